The van der Waals surface area contributed by atoms with E-state index in [1.807, 2.05) is 0 Å². The van der Waals surface area contributed by atoms with Crippen LogP contribution in [0.25, 0.3) is 0 Å². The molecule has 9 heteroatoms. The minimum atomic E-state index is -3.79. The first-order valence-electron chi connectivity index (χ1n) is 5.84. The van der Waals surface area contributed by atoms with E-state index in [4.69, 9.17) is 9.84 Å². The Morgan fingerprint density at radius 2 is 2.20 bits per heavy atom. The normalized spacial score (nSPS) is 13.3. The van der Waals surface area contributed by atoms with E-state index >= 15 is 0 Å². The van der Waals surface area contributed by atoms with E-state index in [-0.39, 0.29) is 30.2 Å². The summed E-state index contributed by atoms with van der Waals surface area (Å²) in [5, 5.41) is 18.3. The van der Waals surface area contributed by atoms with Crippen LogP contribution in [0.1, 0.15) is 16.9 Å². The van der Waals surface area contributed by atoms with Crippen molar-refractivity contribution in [2.75, 3.05) is 20.3 Å². The fraction of sp³-hybridized carbons (Fsp3) is 0.545. The van der Waals surface area contributed by atoms with Crippen LogP contribution in [-0.4, -0.2) is 55.5 Å². The Hall–Kier alpha value is -1.42. The molecule has 0 fully saturated rings. The van der Waals surface area contributed by atoms with Gasteiger partial charge in [0.2, 0.25) is 10.0 Å². The van der Waals surface area contributed by atoms with Crippen LogP contribution in [0.15, 0.2) is 17.2 Å². The molecule has 0 saturated heterocycles. The lowest BCUT2D eigenvalue weighted by Crippen LogP contribution is -2.28. The first-order chi connectivity index (χ1) is 9.27. The Labute approximate surface area is 117 Å². The van der Waals surface area contributed by atoms with Gasteiger partial charge in [-0.2, -0.15) is 0 Å². The standard InChI is InChI=1S/C11H18N2O6S/c1-13-6-9(5-10(13)11(15)16)20(17,18)12-4-3-8(14)7-19-2/h5-6,8,12,14H,3-4,7H2,1-2H3,(H,15,16). The van der Waals surface area contributed by atoms with Gasteiger partial charge in [0.1, 0.15) is 10.6 Å². The van der Waals surface area contributed by atoms with Gasteiger partial charge in [-0.25, -0.2) is 17.9 Å². The highest BCUT2D eigenvalue weighted by molar-refractivity contribution is 7.89. The van der Waals surface area contributed by atoms with Crippen LogP contribution >= 0.6 is 0 Å². The number of hydrogen-bond donors (Lipinski definition) is 3. The molecule has 0 radical (unpaired) electrons. The summed E-state index contributed by atoms with van der Waals surface area (Å²) in [6, 6.07) is 1.08. The molecule has 20 heavy (non-hydrogen) atoms. The number of carbonyl (C=O) groups is 1. The first kappa shape index (κ1) is 16.6. The molecule has 3 N–H and O–H groups in total. The number of hydrogen-bond acceptors (Lipinski definition) is 5. The number of aliphatic hydroxyl groups excluding tert-OH is 1. The number of aliphatic hydroxyl groups is 1. The third kappa shape index (κ3) is 4.30. The molecule has 0 amide bonds. The molecule has 0 spiro atoms. The number of aryl methyl sites for hydroxylation is 1. The van der Waals surface area contributed by atoms with Crippen molar-refractivity contribution in [2.45, 2.75) is 17.4 Å². The lowest BCUT2D eigenvalue weighted by Gasteiger charge is -2.09. The Morgan fingerprint density at radius 1 is 1.55 bits per heavy atom. The quantitative estimate of drug-likeness (QED) is 0.590. The molecule has 1 heterocycles. The van der Waals surface area contributed by atoms with Crippen molar-refractivity contribution >= 4 is 16.0 Å². The zero-order valence-electron chi connectivity index (χ0n) is 11.2. The molecule has 0 aliphatic heterocycles. The minimum absolute atomic E-state index is 0.0319. The molecule has 1 rings (SSSR count). The lowest BCUT2D eigenvalue weighted by atomic mass is 10.3. The van der Waals surface area contributed by atoms with Crippen LogP contribution in [0, 0.1) is 0 Å². The van der Waals surface area contributed by atoms with E-state index in [2.05, 4.69) is 4.72 Å². The topological polar surface area (TPSA) is 118 Å². The molecule has 0 bridgehead atoms. The molecule has 0 aliphatic rings. The Balaban J connectivity index is 2.70. The Kier molecular flexibility index (Phi) is 5.69. The highest BCUT2D eigenvalue weighted by atomic mass is 32.2. The SMILES string of the molecule is COCC(O)CCNS(=O)(=O)c1cc(C(=O)O)n(C)c1. The molecule has 8 nitrogen and oxygen atoms in total. The Morgan fingerprint density at radius 3 is 2.70 bits per heavy atom. The zero-order chi connectivity index (χ0) is 15.3. The van der Waals surface area contributed by atoms with Crippen LogP contribution < -0.4 is 4.72 Å². The van der Waals surface area contributed by atoms with E-state index in [9.17, 15) is 18.3 Å². The molecular weight excluding hydrogens is 288 g/mol. The zero-order valence-corrected chi connectivity index (χ0v) is 12.1. The number of ether oxygens (including phenoxy) is 1. The van der Waals surface area contributed by atoms with Crippen molar-refractivity contribution in [3.8, 4) is 0 Å². The van der Waals surface area contributed by atoms with Crippen molar-refractivity contribution in [2.24, 2.45) is 7.05 Å². The number of nitrogens with one attached hydrogen (secondary N) is 1. The third-order valence-electron chi connectivity index (χ3n) is 2.64. The highest BCUT2D eigenvalue weighted by Gasteiger charge is 2.20. The fourth-order valence-corrected chi connectivity index (χ4v) is 2.73. The summed E-state index contributed by atoms with van der Waals surface area (Å²) in [5.41, 5.74) is -0.121. The van der Waals surface area contributed by atoms with E-state index in [1.54, 1.807) is 0 Å². The lowest BCUT2D eigenvalue weighted by molar-refractivity contribution is 0.0603. The predicted molar refractivity (Wildman–Crippen MR) is 70.1 cm³/mol. The third-order valence-corrected chi connectivity index (χ3v) is 4.07. The highest BCUT2D eigenvalue weighted by Crippen LogP contribution is 2.13. The average Bonchev–Trinajstić information content (AvgIpc) is 2.72. The van der Waals surface area contributed by atoms with Gasteiger partial charge in [-0.1, -0.05) is 0 Å². The van der Waals surface area contributed by atoms with Gasteiger partial charge in [-0.15, -0.1) is 0 Å². The molecule has 1 unspecified atom stereocenters. The molecular formula is C11H18N2O6S. The van der Waals surface area contributed by atoms with Crippen molar-refractivity contribution < 1.29 is 28.2 Å². The number of sulfonamides is 1. The first-order valence-corrected chi connectivity index (χ1v) is 7.32. The van der Waals surface area contributed by atoms with E-state index in [0.717, 1.165) is 6.07 Å². The van der Waals surface area contributed by atoms with Crippen LogP contribution in [-0.2, 0) is 21.8 Å². The second-order valence-electron chi connectivity index (χ2n) is 4.27. The van der Waals surface area contributed by atoms with Crippen LogP contribution in [0.2, 0.25) is 0 Å². The van der Waals surface area contributed by atoms with Gasteiger partial charge in [-0.05, 0) is 12.5 Å². The number of nitrogens with zero attached hydrogens (tertiary/aromatic N) is 1. The summed E-state index contributed by atoms with van der Waals surface area (Å²) in [5.74, 6) is -1.20. The van der Waals surface area contributed by atoms with Gasteiger partial charge in [0.15, 0.2) is 0 Å². The van der Waals surface area contributed by atoms with Gasteiger partial charge >= 0.3 is 5.97 Å². The molecule has 1 aromatic heterocycles. The summed E-state index contributed by atoms with van der Waals surface area (Å²) in [7, 11) is -0.908. The maximum Gasteiger partial charge on any atom is 0.352 e. The minimum Gasteiger partial charge on any atom is -0.477 e. The van der Waals surface area contributed by atoms with Crippen molar-refractivity contribution in [3.05, 3.63) is 18.0 Å². The largest absolute Gasteiger partial charge is 0.477 e. The monoisotopic (exact) mass is 306 g/mol. The molecule has 0 saturated carbocycles. The van der Waals surface area contributed by atoms with Crippen molar-refractivity contribution in [3.63, 3.8) is 0 Å². The smallest absolute Gasteiger partial charge is 0.352 e. The van der Waals surface area contributed by atoms with Crippen LogP contribution in [0.5, 0.6) is 0 Å². The number of methoxy groups -OCH3 is 1. The summed E-state index contributed by atoms with van der Waals surface area (Å²) in [6.07, 6.45) is 0.663. The number of rotatable bonds is 8. The Bertz CT molecular complexity index is 565. The van der Waals surface area contributed by atoms with E-state index in [1.165, 1.54) is 24.9 Å². The number of aromatic carboxylic acids is 1. The van der Waals surface area contributed by atoms with Crippen molar-refractivity contribution in [1.82, 2.24) is 9.29 Å². The molecule has 114 valence electrons. The number of carboxylic acid groups (broad SMARTS) is 1. The molecule has 1 atom stereocenters. The maximum atomic E-state index is 11.9. The summed E-state index contributed by atoms with van der Waals surface area (Å²) >= 11 is 0. The van der Waals surface area contributed by atoms with E-state index in [0.29, 0.717) is 0 Å². The maximum absolute atomic E-state index is 11.9. The molecule has 0 aromatic carbocycles. The molecule has 1 aromatic rings. The number of aromatic nitrogens is 1. The van der Waals surface area contributed by atoms with Crippen molar-refractivity contribution in [1.29, 1.82) is 0 Å². The fourth-order valence-electron chi connectivity index (χ4n) is 1.61. The number of carboxylic acids is 1. The average molecular weight is 306 g/mol. The van der Waals surface area contributed by atoms with Gasteiger partial charge in [0.05, 0.1) is 12.7 Å². The molecule has 0 aliphatic carbocycles. The van der Waals surface area contributed by atoms with Crippen LogP contribution in [0.3, 0.4) is 0 Å². The van der Waals surface area contributed by atoms with Gasteiger partial charge in [0.25, 0.3) is 0 Å². The predicted octanol–water partition coefficient (Wildman–Crippen LogP) is -0.601. The summed E-state index contributed by atoms with van der Waals surface area (Å²) in [4.78, 5) is 10.7. The van der Waals surface area contributed by atoms with Gasteiger partial charge < -0.3 is 19.5 Å². The van der Waals surface area contributed by atoms with Gasteiger partial charge in [0, 0.05) is 26.9 Å². The van der Waals surface area contributed by atoms with Crippen LogP contribution in [0.4, 0.5) is 0 Å². The summed E-state index contributed by atoms with van der Waals surface area (Å²) < 4.78 is 32.1. The van der Waals surface area contributed by atoms with Gasteiger partial charge in [-0.3, -0.25) is 0 Å². The van der Waals surface area contributed by atoms with E-state index < -0.39 is 22.1 Å². The summed E-state index contributed by atoms with van der Waals surface area (Å²) in [6.45, 7) is 0.153. The second kappa shape index (κ2) is 6.84. The second-order valence-corrected chi connectivity index (χ2v) is 6.04.